The normalized spacial score (nSPS) is 15.2. The van der Waals surface area contributed by atoms with Crippen molar-refractivity contribution < 1.29 is 33.8 Å². The molecular weight excluding hydrogens is 460 g/mol. The molecule has 1 aliphatic rings. The highest BCUT2D eigenvalue weighted by Gasteiger charge is 2.36. The van der Waals surface area contributed by atoms with Gasteiger partial charge in [0.1, 0.15) is 5.57 Å². The van der Waals surface area contributed by atoms with Crippen molar-refractivity contribution in [3.63, 3.8) is 0 Å². The predicted molar refractivity (Wildman–Crippen MR) is 109 cm³/mol. The molecule has 30 heavy (non-hydrogen) atoms. The summed E-state index contributed by atoms with van der Waals surface area (Å²) in [4.78, 5) is 48.9. The van der Waals surface area contributed by atoms with Crippen molar-refractivity contribution in [1.82, 2.24) is 5.32 Å². The minimum absolute atomic E-state index is 0.188. The quantitative estimate of drug-likeness (QED) is 0.487. The molecule has 0 saturated carbocycles. The van der Waals surface area contributed by atoms with Crippen molar-refractivity contribution >= 4 is 51.5 Å². The standard InChI is InChI=1S/C20H15BrN2O7/c1-29-16-9-11(2-7-15(16)30-10-17(24)25)8-14-18(26)22-20(28)23(19(14)27)13-5-3-12(21)4-6-13/h2-9H,10H2,1H3,(H,24,25)(H,22,26,28). The van der Waals surface area contributed by atoms with E-state index in [1.807, 2.05) is 0 Å². The average Bonchev–Trinajstić information content (AvgIpc) is 2.71. The molecule has 1 saturated heterocycles. The Kier molecular flexibility index (Phi) is 6.17. The Morgan fingerprint density at radius 2 is 1.83 bits per heavy atom. The zero-order valence-electron chi connectivity index (χ0n) is 15.5. The number of hydrogen-bond donors (Lipinski definition) is 2. The molecule has 2 N–H and O–H groups in total. The number of carboxylic acid groups (broad SMARTS) is 1. The van der Waals surface area contributed by atoms with E-state index in [0.717, 1.165) is 9.37 Å². The average molecular weight is 475 g/mol. The van der Waals surface area contributed by atoms with Crippen LogP contribution in [-0.4, -0.2) is 42.6 Å². The number of benzene rings is 2. The number of nitrogens with one attached hydrogen (secondary N) is 1. The van der Waals surface area contributed by atoms with Crippen molar-refractivity contribution in [1.29, 1.82) is 0 Å². The number of nitrogens with zero attached hydrogens (tertiary/aromatic N) is 1. The summed E-state index contributed by atoms with van der Waals surface area (Å²) in [6, 6.07) is 10.1. The first-order valence-corrected chi connectivity index (χ1v) is 9.29. The number of anilines is 1. The van der Waals surface area contributed by atoms with E-state index in [1.54, 1.807) is 24.3 Å². The second-order valence-corrected chi connectivity index (χ2v) is 6.94. The lowest BCUT2D eigenvalue weighted by atomic mass is 10.1. The number of barbiturate groups is 1. The molecular formula is C20H15BrN2O7. The van der Waals surface area contributed by atoms with Gasteiger partial charge in [-0.05, 0) is 48.0 Å². The van der Waals surface area contributed by atoms with Gasteiger partial charge in [-0.3, -0.25) is 14.9 Å². The minimum atomic E-state index is -1.15. The highest BCUT2D eigenvalue weighted by molar-refractivity contribution is 9.10. The minimum Gasteiger partial charge on any atom is -0.493 e. The van der Waals surface area contributed by atoms with E-state index in [4.69, 9.17) is 14.6 Å². The largest absolute Gasteiger partial charge is 0.493 e. The first kappa shape index (κ1) is 21.1. The summed E-state index contributed by atoms with van der Waals surface area (Å²) in [6.45, 7) is -0.554. The molecule has 2 aromatic rings. The molecule has 0 aromatic heterocycles. The van der Waals surface area contributed by atoms with E-state index < -0.39 is 30.4 Å². The van der Waals surface area contributed by atoms with Gasteiger partial charge < -0.3 is 14.6 Å². The Hall–Kier alpha value is -3.66. The molecule has 4 amide bonds. The molecule has 3 rings (SSSR count). The number of carbonyl (C=O) groups excluding carboxylic acids is 3. The van der Waals surface area contributed by atoms with Crippen LogP contribution in [-0.2, 0) is 14.4 Å². The fourth-order valence-corrected chi connectivity index (χ4v) is 2.95. The zero-order chi connectivity index (χ0) is 21.8. The topological polar surface area (TPSA) is 122 Å². The molecule has 2 aromatic carbocycles. The predicted octanol–water partition coefficient (Wildman–Crippen LogP) is 2.59. The second kappa shape index (κ2) is 8.78. The van der Waals surface area contributed by atoms with Gasteiger partial charge in [0.15, 0.2) is 18.1 Å². The molecule has 10 heteroatoms. The smallest absolute Gasteiger partial charge is 0.341 e. The van der Waals surface area contributed by atoms with E-state index >= 15 is 0 Å². The summed E-state index contributed by atoms with van der Waals surface area (Å²) in [7, 11) is 1.37. The Balaban J connectivity index is 1.94. The summed E-state index contributed by atoms with van der Waals surface area (Å²) in [5.41, 5.74) is 0.464. The van der Waals surface area contributed by atoms with Gasteiger partial charge in [0.05, 0.1) is 12.8 Å². The van der Waals surface area contributed by atoms with Crippen LogP contribution in [0.15, 0.2) is 52.5 Å². The number of amides is 4. The van der Waals surface area contributed by atoms with Gasteiger partial charge in [-0.25, -0.2) is 14.5 Å². The molecule has 0 aliphatic carbocycles. The van der Waals surface area contributed by atoms with Crippen LogP contribution >= 0.6 is 15.9 Å². The number of carboxylic acids is 1. The third-order valence-corrected chi connectivity index (χ3v) is 4.57. The van der Waals surface area contributed by atoms with Crippen molar-refractivity contribution in [2.45, 2.75) is 0 Å². The third-order valence-electron chi connectivity index (χ3n) is 4.04. The number of methoxy groups -OCH3 is 1. The number of hydrogen-bond acceptors (Lipinski definition) is 6. The van der Waals surface area contributed by atoms with Gasteiger partial charge >= 0.3 is 12.0 Å². The highest BCUT2D eigenvalue weighted by Crippen LogP contribution is 2.30. The second-order valence-electron chi connectivity index (χ2n) is 6.03. The van der Waals surface area contributed by atoms with E-state index in [-0.39, 0.29) is 17.1 Å². The van der Waals surface area contributed by atoms with E-state index in [1.165, 1.54) is 31.4 Å². The van der Waals surface area contributed by atoms with Crippen LogP contribution in [0.3, 0.4) is 0 Å². The van der Waals surface area contributed by atoms with Crippen LogP contribution in [0.4, 0.5) is 10.5 Å². The first-order valence-electron chi connectivity index (χ1n) is 8.50. The van der Waals surface area contributed by atoms with Gasteiger partial charge in [-0.2, -0.15) is 0 Å². The number of imide groups is 2. The molecule has 0 unspecified atom stereocenters. The Bertz CT molecular complexity index is 1060. The maximum Gasteiger partial charge on any atom is 0.341 e. The van der Waals surface area contributed by atoms with Crippen LogP contribution in [0.1, 0.15) is 5.56 Å². The van der Waals surface area contributed by atoms with Gasteiger partial charge in [0, 0.05) is 4.47 Å². The lowest BCUT2D eigenvalue weighted by molar-refractivity contribution is -0.139. The monoisotopic (exact) mass is 474 g/mol. The first-order chi connectivity index (χ1) is 14.3. The van der Waals surface area contributed by atoms with Crippen LogP contribution in [0.2, 0.25) is 0 Å². The maximum absolute atomic E-state index is 12.9. The number of aliphatic carboxylic acids is 1. The number of carbonyl (C=O) groups is 4. The van der Waals surface area contributed by atoms with Gasteiger partial charge in [-0.15, -0.1) is 0 Å². The van der Waals surface area contributed by atoms with Crippen LogP contribution in [0, 0.1) is 0 Å². The Labute approximate surface area is 179 Å². The molecule has 0 bridgehead atoms. The lowest BCUT2D eigenvalue weighted by Gasteiger charge is -2.26. The zero-order valence-corrected chi connectivity index (χ0v) is 17.1. The number of rotatable bonds is 6. The molecule has 0 atom stereocenters. The van der Waals surface area contributed by atoms with E-state index in [0.29, 0.717) is 11.3 Å². The van der Waals surface area contributed by atoms with Crippen molar-refractivity contribution in [3.8, 4) is 11.5 Å². The van der Waals surface area contributed by atoms with Crippen molar-refractivity contribution in [2.24, 2.45) is 0 Å². The summed E-state index contributed by atoms with van der Waals surface area (Å²) in [6.07, 6.45) is 1.31. The van der Waals surface area contributed by atoms with Gasteiger partial charge in [0.2, 0.25) is 0 Å². The molecule has 1 aliphatic heterocycles. The van der Waals surface area contributed by atoms with E-state index in [9.17, 15) is 19.2 Å². The number of urea groups is 1. The van der Waals surface area contributed by atoms with Crippen LogP contribution in [0.5, 0.6) is 11.5 Å². The molecule has 9 nitrogen and oxygen atoms in total. The summed E-state index contributed by atoms with van der Waals surface area (Å²) in [5.74, 6) is -2.35. The Morgan fingerprint density at radius 3 is 2.47 bits per heavy atom. The summed E-state index contributed by atoms with van der Waals surface area (Å²) >= 11 is 3.28. The number of halogens is 1. The Morgan fingerprint density at radius 1 is 1.13 bits per heavy atom. The summed E-state index contributed by atoms with van der Waals surface area (Å²) < 4.78 is 11.1. The van der Waals surface area contributed by atoms with Gasteiger partial charge in [0.25, 0.3) is 11.8 Å². The SMILES string of the molecule is COc1cc(C=C2C(=O)NC(=O)N(c3ccc(Br)cc3)C2=O)ccc1OCC(=O)O. The fraction of sp³-hybridized carbons (Fsp3) is 0.100. The van der Waals surface area contributed by atoms with Crippen molar-refractivity contribution in [2.75, 3.05) is 18.6 Å². The maximum atomic E-state index is 12.9. The molecule has 1 fully saturated rings. The van der Waals surface area contributed by atoms with Crippen LogP contribution < -0.4 is 19.7 Å². The lowest BCUT2D eigenvalue weighted by Crippen LogP contribution is -2.54. The molecule has 0 radical (unpaired) electrons. The fourth-order valence-electron chi connectivity index (χ4n) is 2.68. The molecule has 154 valence electrons. The van der Waals surface area contributed by atoms with E-state index in [2.05, 4.69) is 21.2 Å². The van der Waals surface area contributed by atoms with Gasteiger partial charge in [-0.1, -0.05) is 22.0 Å². The molecule has 0 spiro atoms. The number of ether oxygens (including phenoxy) is 2. The highest BCUT2D eigenvalue weighted by atomic mass is 79.9. The van der Waals surface area contributed by atoms with Crippen LogP contribution in [0.25, 0.3) is 6.08 Å². The summed E-state index contributed by atoms with van der Waals surface area (Å²) in [5, 5.41) is 10.9. The third kappa shape index (κ3) is 4.49. The van der Waals surface area contributed by atoms with Crippen molar-refractivity contribution in [3.05, 3.63) is 58.1 Å². The molecule has 1 heterocycles.